The Morgan fingerprint density at radius 3 is 2.59 bits per heavy atom. The Morgan fingerprint density at radius 1 is 1.19 bits per heavy atom. The molecular weight excluding hydrogens is 354 g/mol. The normalized spacial score (nSPS) is 22.1. The largest absolute Gasteiger partial charge is 0.459 e. The maximum absolute atomic E-state index is 12.4. The summed E-state index contributed by atoms with van der Waals surface area (Å²) in [6.45, 7) is -0.134. The van der Waals surface area contributed by atoms with Crippen molar-refractivity contribution < 1.29 is 28.0 Å². The number of ether oxygens (including phenoxy) is 1. The number of aromatic nitrogens is 2. The molecule has 3 heterocycles. The van der Waals surface area contributed by atoms with Gasteiger partial charge < -0.3 is 13.6 Å². The molecule has 1 aliphatic heterocycles. The predicted molar refractivity (Wildman–Crippen MR) is 88.6 cm³/mol. The number of hydrogen-bond donors (Lipinski definition) is 0. The molecule has 2 atom stereocenters. The molecule has 142 valence electrons. The summed E-state index contributed by atoms with van der Waals surface area (Å²) in [6, 6.07) is 3.36. The minimum atomic E-state index is -0.539. The Balaban J connectivity index is 1.26. The molecule has 2 aliphatic rings. The van der Waals surface area contributed by atoms with E-state index in [0.717, 1.165) is 25.7 Å². The number of likely N-dealkylation sites (tertiary alicyclic amines) is 1. The van der Waals surface area contributed by atoms with Crippen LogP contribution in [0.1, 0.15) is 38.0 Å². The first-order valence-electron chi connectivity index (χ1n) is 9.00. The zero-order valence-electron chi connectivity index (χ0n) is 14.6. The van der Waals surface area contributed by atoms with Gasteiger partial charge in [0.15, 0.2) is 12.4 Å². The van der Waals surface area contributed by atoms with Crippen molar-refractivity contribution in [2.24, 2.45) is 11.8 Å². The SMILES string of the molecule is O=C(CCN1C(=O)[C@@H]2CCCC[C@H]2C1=O)OCc1nnc(-c2ccco2)o1. The maximum atomic E-state index is 12.4. The van der Waals surface area contributed by atoms with Gasteiger partial charge in [-0.2, -0.15) is 0 Å². The standard InChI is InChI=1S/C18H19N3O6/c22-15(26-10-14-19-20-16(27-14)13-6-3-9-25-13)7-8-21-17(23)11-4-1-2-5-12(11)18(21)24/h3,6,9,11-12H,1-2,4-5,7-8,10H2/t11-,12-/m1/s1. The molecule has 1 aliphatic carbocycles. The van der Waals surface area contributed by atoms with Gasteiger partial charge in [-0.05, 0) is 25.0 Å². The van der Waals surface area contributed by atoms with Crippen LogP contribution in [0.3, 0.4) is 0 Å². The van der Waals surface area contributed by atoms with Gasteiger partial charge in [0.05, 0.1) is 24.5 Å². The molecule has 2 fully saturated rings. The molecule has 2 amide bonds. The van der Waals surface area contributed by atoms with Gasteiger partial charge in [0.25, 0.3) is 11.8 Å². The molecule has 1 saturated carbocycles. The minimum absolute atomic E-state index is 0.0466. The van der Waals surface area contributed by atoms with E-state index in [9.17, 15) is 14.4 Å². The summed E-state index contributed by atoms with van der Waals surface area (Å²) in [5.41, 5.74) is 0. The van der Waals surface area contributed by atoms with E-state index in [-0.39, 0.29) is 55.0 Å². The first-order valence-corrected chi connectivity index (χ1v) is 9.00. The lowest BCUT2D eigenvalue weighted by Gasteiger charge is -2.19. The van der Waals surface area contributed by atoms with E-state index >= 15 is 0 Å². The van der Waals surface area contributed by atoms with Gasteiger partial charge >= 0.3 is 5.97 Å². The van der Waals surface area contributed by atoms with Crippen LogP contribution in [0.4, 0.5) is 0 Å². The number of furan rings is 1. The van der Waals surface area contributed by atoms with Crippen LogP contribution in [0, 0.1) is 11.8 Å². The van der Waals surface area contributed by atoms with Gasteiger partial charge in [0.1, 0.15) is 0 Å². The number of carbonyl (C=O) groups excluding carboxylic acids is 3. The first-order chi connectivity index (χ1) is 13.1. The van der Waals surface area contributed by atoms with Gasteiger partial charge in [0.2, 0.25) is 11.8 Å². The van der Waals surface area contributed by atoms with Crippen LogP contribution in [-0.4, -0.2) is 39.4 Å². The molecule has 2 aromatic rings. The Morgan fingerprint density at radius 2 is 1.93 bits per heavy atom. The van der Waals surface area contributed by atoms with E-state index in [0.29, 0.717) is 5.76 Å². The third kappa shape index (κ3) is 3.49. The number of carbonyl (C=O) groups is 3. The highest BCUT2D eigenvalue weighted by molar-refractivity contribution is 6.05. The third-order valence-corrected chi connectivity index (χ3v) is 5.03. The van der Waals surface area contributed by atoms with Crippen molar-refractivity contribution in [2.45, 2.75) is 38.7 Å². The lowest BCUT2D eigenvalue weighted by Crippen LogP contribution is -2.33. The van der Waals surface area contributed by atoms with Gasteiger partial charge in [-0.25, -0.2) is 0 Å². The van der Waals surface area contributed by atoms with E-state index in [4.69, 9.17) is 13.6 Å². The minimum Gasteiger partial charge on any atom is -0.459 e. The summed E-state index contributed by atoms with van der Waals surface area (Å²) in [6.07, 6.45) is 4.88. The second-order valence-electron chi connectivity index (χ2n) is 6.71. The highest BCUT2D eigenvalue weighted by atomic mass is 16.5. The van der Waals surface area contributed by atoms with E-state index < -0.39 is 5.97 Å². The smallest absolute Gasteiger partial charge is 0.308 e. The van der Waals surface area contributed by atoms with Crippen molar-refractivity contribution in [3.05, 3.63) is 24.3 Å². The summed E-state index contributed by atoms with van der Waals surface area (Å²) >= 11 is 0. The Bertz CT molecular complexity index is 819. The second-order valence-corrected chi connectivity index (χ2v) is 6.71. The molecule has 0 radical (unpaired) electrons. The monoisotopic (exact) mass is 373 g/mol. The molecule has 9 heteroatoms. The number of rotatable bonds is 6. The van der Waals surface area contributed by atoms with Crippen LogP contribution in [0.15, 0.2) is 27.2 Å². The number of amides is 2. The number of imide groups is 1. The molecule has 2 aromatic heterocycles. The van der Waals surface area contributed by atoms with Crippen molar-refractivity contribution in [3.8, 4) is 11.7 Å². The van der Waals surface area contributed by atoms with Crippen LogP contribution in [0.2, 0.25) is 0 Å². The van der Waals surface area contributed by atoms with E-state index in [1.807, 2.05) is 0 Å². The number of hydrogen-bond acceptors (Lipinski definition) is 8. The maximum Gasteiger partial charge on any atom is 0.308 e. The zero-order valence-corrected chi connectivity index (χ0v) is 14.6. The molecule has 27 heavy (non-hydrogen) atoms. The van der Waals surface area contributed by atoms with Gasteiger partial charge in [0, 0.05) is 6.54 Å². The average Bonchev–Trinajstić information content (AvgIpc) is 3.41. The Labute approximate surface area is 154 Å². The third-order valence-electron chi connectivity index (χ3n) is 5.03. The van der Waals surface area contributed by atoms with Crippen molar-refractivity contribution in [1.29, 1.82) is 0 Å². The van der Waals surface area contributed by atoms with E-state index in [1.54, 1.807) is 12.1 Å². The lowest BCUT2D eigenvalue weighted by atomic mass is 9.81. The van der Waals surface area contributed by atoms with Crippen molar-refractivity contribution in [3.63, 3.8) is 0 Å². The van der Waals surface area contributed by atoms with Crippen molar-refractivity contribution in [2.75, 3.05) is 6.54 Å². The van der Waals surface area contributed by atoms with Gasteiger partial charge in [-0.1, -0.05) is 12.8 Å². The topological polar surface area (TPSA) is 116 Å². The van der Waals surface area contributed by atoms with Crippen molar-refractivity contribution >= 4 is 17.8 Å². The number of nitrogens with zero attached hydrogens (tertiary/aromatic N) is 3. The fourth-order valence-electron chi connectivity index (χ4n) is 3.68. The summed E-state index contributed by atoms with van der Waals surface area (Å²) in [5, 5.41) is 7.59. The molecule has 0 N–H and O–H groups in total. The fraction of sp³-hybridized carbons (Fsp3) is 0.500. The second kappa shape index (κ2) is 7.34. The van der Waals surface area contributed by atoms with E-state index in [2.05, 4.69) is 10.2 Å². The Hall–Kier alpha value is -2.97. The quantitative estimate of drug-likeness (QED) is 0.557. The molecule has 9 nitrogen and oxygen atoms in total. The summed E-state index contributed by atoms with van der Waals surface area (Å²) in [5.74, 6) is -0.511. The molecule has 0 bridgehead atoms. The van der Waals surface area contributed by atoms with Crippen LogP contribution in [-0.2, 0) is 25.7 Å². The Kier molecular flexibility index (Phi) is 4.74. The van der Waals surface area contributed by atoms with E-state index in [1.165, 1.54) is 11.2 Å². The molecular formula is C18H19N3O6. The summed E-state index contributed by atoms with van der Waals surface area (Å²) in [4.78, 5) is 37.9. The lowest BCUT2D eigenvalue weighted by molar-refractivity contribution is -0.147. The van der Waals surface area contributed by atoms with Crippen LogP contribution >= 0.6 is 0 Å². The highest BCUT2D eigenvalue weighted by Crippen LogP contribution is 2.37. The highest BCUT2D eigenvalue weighted by Gasteiger charge is 2.47. The van der Waals surface area contributed by atoms with Crippen molar-refractivity contribution in [1.82, 2.24) is 15.1 Å². The van der Waals surface area contributed by atoms with Crippen LogP contribution < -0.4 is 0 Å². The molecule has 4 rings (SSSR count). The fourth-order valence-corrected chi connectivity index (χ4v) is 3.68. The molecule has 0 aromatic carbocycles. The van der Waals surface area contributed by atoms with Gasteiger partial charge in [-0.3, -0.25) is 19.3 Å². The van der Waals surface area contributed by atoms with Gasteiger partial charge in [-0.15, -0.1) is 10.2 Å². The molecule has 1 saturated heterocycles. The molecule has 0 unspecified atom stereocenters. The van der Waals surface area contributed by atoms with Crippen LogP contribution in [0.5, 0.6) is 0 Å². The summed E-state index contributed by atoms with van der Waals surface area (Å²) in [7, 11) is 0. The predicted octanol–water partition coefficient (Wildman–Crippen LogP) is 1.94. The van der Waals surface area contributed by atoms with Crippen LogP contribution in [0.25, 0.3) is 11.7 Å². The molecule has 0 spiro atoms. The number of fused-ring (bicyclic) bond motifs is 1. The zero-order chi connectivity index (χ0) is 18.8. The average molecular weight is 373 g/mol. The summed E-state index contributed by atoms with van der Waals surface area (Å²) < 4.78 is 15.6. The number of esters is 1. The first kappa shape index (κ1) is 17.4.